The van der Waals surface area contributed by atoms with Crippen molar-refractivity contribution in [2.45, 2.75) is 55.2 Å². The maximum atomic E-state index is 14.1. The Kier molecular flexibility index (Phi) is 8.19. The lowest BCUT2D eigenvalue weighted by molar-refractivity contribution is -0.139. The fraction of sp³-hybridized carbons (Fsp3) is 0.500. The Labute approximate surface area is 233 Å². The van der Waals surface area contributed by atoms with Crippen molar-refractivity contribution in [3.63, 3.8) is 0 Å². The predicted octanol–water partition coefficient (Wildman–Crippen LogP) is 3.45. The van der Waals surface area contributed by atoms with E-state index in [1.165, 1.54) is 0 Å². The summed E-state index contributed by atoms with van der Waals surface area (Å²) in [6.07, 6.45) is 2.89. The van der Waals surface area contributed by atoms with Gasteiger partial charge in [-0.25, -0.2) is 0 Å². The number of ether oxygens (including phenoxy) is 1. The Hall–Kier alpha value is -3.04. The molecule has 8 nitrogen and oxygen atoms in total. The van der Waals surface area contributed by atoms with Crippen LogP contribution >= 0.6 is 11.8 Å². The molecule has 3 aliphatic rings. The normalized spacial score (nSPS) is 28.8. The largest absolute Gasteiger partial charge is 0.497 e. The van der Waals surface area contributed by atoms with Crippen molar-refractivity contribution < 1.29 is 24.2 Å². The highest BCUT2D eigenvalue weighted by atomic mass is 32.2. The van der Waals surface area contributed by atoms with Crippen LogP contribution in [0.1, 0.15) is 38.2 Å². The third kappa shape index (κ3) is 5.02. The summed E-state index contributed by atoms with van der Waals surface area (Å²) in [6.45, 7) is 3.05. The number of nitrogens with zero attached hydrogens (tertiary/aromatic N) is 1. The smallest absolute Gasteiger partial charge is 0.248 e. The second-order valence-electron chi connectivity index (χ2n) is 10.8. The molecule has 2 aromatic rings. The fourth-order valence-electron chi connectivity index (χ4n) is 6.72. The summed E-state index contributed by atoms with van der Waals surface area (Å²) < 4.78 is 4.57. The first-order chi connectivity index (χ1) is 18.9. The molecular weight excluding hydrogens is 514 g/mol. The Bertz CT molecular complexity index is 1190. The molecule has 0 saturated carbocycles. The molecule has 5 rings (SSSR count). The molecule has 1 spiro atoms. The number of unbranched alkanes of at least 4 members (excludes halogenated alkanes) is 2. The van der Waals surface area contributed by atoms with E-state index >= 15 is 0 Å². The fourth-order valence-corrected chi connectivity index (χ4v) is 9.14. The zero-order valence-corrected chi connectivity index (χ0v) is 23.3. The van der Waals surface area contributed by atoms with Crippen LogP contribution in [-0.2, 0) is 20.9 Å². The number of anilines is 1. The molecule has 39 heavy (non-hydrogen) atoms. The van der Waals surface area contributed by atoms with E-state index in [0.29, 0.717) is 37.4 Å². The number of nitrogens with one attached hydrogen (secondary N) is 2. The molecule has 9 heteroatoms. The summed E-state index contributed by atoms with van der Waals surface area (Å²) in [6, 6.07) is 16.2. The zero-order chi connectivity index (χ0) is 27.6. The van der Waals surface area contributed by atoms with Gasteiger partial charge in [-0.1, -0.05) is 37.3 Å². The van der Waals surface area contributed by atoms with Gasteiger partial charge in [0.1, 0.15) is 11.8 Å². The number of benzene rings is 2. The standard InChI is InChI=1S/C30H37N3O5S/c1-19-17-23-24(27(35)31-18-20-9-5-3-6-10-20)25-29(37)33(15-7-4-8-16-34)26(30(19,25)39-23)28(36)32-21-11-13-22(38-2)14-12-21/h3,5-6,9-14,19,23-26,34H,4,7-8,15-18H2,1-2H3,(H,31,35)(H,32,36)/t19?,23-,24+,25+,26?,30?/m1/s1. The van der Waals surface area contributed by atoms with Crippen LogP contribution in [0.4, 0.5) is 5.69 Å². The van der Waals surface area contributed by atoms with Crippen LogP contribution in [0.25, 0.3) is 0 Å². The Morgan fingerprint density at radius 3 is 2.51 bits per heavy atom. The van der Waals surface area contributed by atoms with Crippen molar-refractivity contribution >= 4 is 35.2 Å². The maximum absolute atomic E-state index is 14.1. The van der Waals surface area contributed by atoms with Gasteiger partial charge in [0, 0.05) is 30.6 Å². The molecule has 3 fully saturated rings. The van der Waals surface area contributed by atoms with Gasteiger partial charge in [0.15, 0.2) is 0 Å². The molecule has 0 aliphatic carbocycles. The van der Waals surface area contributed by atoms with Crippen molar-refractivity contribution in [1.82, 2.24) is 10.2 Å². The Morgan fingerprint density at radius 1 is 1.08 bits per heavy atom. The second kappa shape index (κ2) is 11.6. The molecule has 3 amide bonds. The molecule has 6 atom stereocenters. The molecule has 0 radical (unpaired) electrons. The van der Waals surface area contributed by atoms with E-state index in [4.69, 9.17) is 4.74 Å². The van der Waals surface area contributed by atoms with Gasteiger partial charge in [-0.3, -0.25) is 14.4 Å². The van der Waals surface area contributed by atoms with Crippen molar-refractivity contribution in [3.05, 3.63) is 60.2 Å². The predicted molar refractivity (Wildman–Crippen MR) is 151 cm³/mol. The van der Waals surface area contributed by atoms with Gasteiger partial charge in [0.05, 0.1) is 23.7 Å². The number of aliphatic hydroxyl groups is 1. The molecule has 3 unspecified atom stereocenters. The average Bonchev–Trinajstić information content (AvgIpc) is 3.54. The number of carbonyl (C=O) groups is 3. The topological polar surface area (TPSA) is 108 Å². The van der Waals surface area contributed by atoms with E-state index in [9.17, 15) is 19.5 Å². The molecule has 208 valence electrons. The number of methoxy groups -OCH3 is 1. The highest BCUT2D eigenvalue weighted by Gasteiger charge is 2.75. The van der Waals surface area contributed by atoms with Crippen LogP contribution in [0.3, 0.4) is 0 Å². The Morgan fingerprint density at radius 2 is 1.82 bits per heavy atom. The first-order valence-electron chi connectivity index (χ1n) is 13.8. The van der Waals surface area contributed by atoms with Crippen molar-refractivity contribution in [2.75, 3.05) is 25.6 Å². The number of hydrogen-bond donors (Lipinski definition) is 3. The summed E-state index contributed by atoms with van der Waals surface area (Å²) in [5.41, 5.74) is 1.64. The number of likely N-dealkylation sites (tertiary alicyclic amines) is 1. The number of rotatable bonds is 11. The number of aliphatic hydroxyl groups excluding tert-OH is 1. The highest BCUT2D eigenvalue weighted by Crippen LogP contribution is 2.68. The zero-order valence-electron chi connectivity index (χ0n) is 22.5. The summed E-state index contributed by atoms with van der Waals surface area (Å²) >= 11 is 1.68. The van der Waals surface area contributed by atoms with E-state index in [1.54, 1.807) is 48.0 Å². The summed E-state index contributed by atoms with van der Waals surface area (Å²) in [4.78, 5) is 43.4. The van der Waals surface area contributed by atoms with E-state index in [1.807, 2.05) is 30.3 Å². The minimum atomic E-state index is -0.678. The van der Waals surface area contributed by atoms with Crippen LogP contribution in [-0.4, -0.2) is 64.0 Å². The summed E-state index contributed by atoms with van der Waals surface area (Å²) in [5.74, 6) is -0.652. The second-order valence-corrected chi connectivity index (χ2v) is 12.3. The highest BCUT2D eigenvalue weighted by molar-refractivity contribution is 8.02. The number of carbonyl (C=O) groups excluding carboxylic acids is 3. The van der Waals surface area contributed by atoms with Gasteiger partial charge in [-0.15, -0.1) is 11.8 Å². The van der Waals surface area contributed by atoms with Crippen LogP contribution in [0.5, 0.6) is 5.75 Å². The SMILES string of the molecule is COc1ccc(NC(=O)C2N(CCCCCO)C(=O)[C@@H]3[C@@H](C(=O)NCc4ccccc4)[C@H]4CC(C)C23S4)cc1. The lowest BCUT2D eigenvalue weighted by atomic mass is 9.66. The quantitative estimate of drug-likeness (QED) is 0.369. The number of hydrogen-bond acceptors (Lipinski definition) is 6. The molecule has 2 aromatic carbocycles. The molecule has 3 saturated heterocycles. The van der Waals surface area contributed by atoms with Gasteiger partial charge in [0.25, 0.3) is 0 Å². The monoisotopic (exact) mass is 551 g/mol. The van der Waals surface area contributed by atoms with Gasteiger partial charge < -0.3 is 25.4 Å². The van der Waals surface area contributed by atoms with E-state index in [0.717, 1.165) is 18.4 Å². The van der Waals surface area contributed by atoms with E-state index in [2.05, 4.69) is 17.6 Å². The first-order valence-corrected chi connectivity index (χ1v) is 14.6. The van der Waals surface area contributed by atoms with Crippen LogP contribution in [0.2, 0.25) is 0 Å². The molecule has 3 N–H and O–H groups in total. The number of fused-ring (bicyclic) bond motifs is 1. The maximum Gasteiger partial charge on any atom is 0.248 e. The van der Waals surface area contributed by atoms with Gasteiger partial charge >= 0.3 is 0 Å². The summed E-state index contributed by atoms with van der Waals surface area (Å²) in [7, 11) is 1.59. The third-order valence-corrected chi connectivity index (χ3v) is 10.6. The molecule has 2 bridgehead atoms. The van der Waals surface area contributed by atoms with Crippen LogP contribution in [0, 0.1) is 17.8 Å². The molecule has 0 aromatic heterocycles. The number of amides is 3. The van der Waals surface area contributed by atoms with E-state index in [-0.39, 0.29) is 35.5 Å². The Balaban J connectivity index is 1.42. The summed E-state index contributed by atoms with van der Waals surface area (Å²) in [5, 5.41) is 15.4. The van der Waals surface area contributed by atoms with Crippen LogP contribution < -0.4 is 15.4 Å². The van der Waals surface area contributed by atoms with Crippen molar-refractivity contribution in [3.8, 4) is 5.75 Å². The van der Waals surface area contributed by atoms with Gasteiger partial charge in [0.2, 0.25) is 17.7 Å². The lowest BCUT2D eigenvalue weighted by Gasteiger charge is -2.38. The van der Waals surface area contributed by atoms with Crippen molar-refractivity contribution in [1.29, 1.82) is 0 Å². The third-order valence-electron chi connectivity index (χ3n) is 8.52. The number of thioether (sulfide) groups is 1. The minimum Gasteiger partial charge on any atom is -0.497 e. The molecule has 3 heterocycles. The first kappa shape index (κ1) is 27.5. The average molecular weight is 552 g/mol. The van der Waals surface area contributed by atoms with Gasteiger partial charge in [-0.2, -0.15) is 0 Å². The molecular formula is C30H37N3O5S. The molecule has 3 aliphatic heterocycles. The van der Waals surface area contributed by atoms with Crippen molar-refractivity contribution in [2.24, 2.45) is 17.8 Å². The van der Waals surface area contributed by atoms with E-state index < -0.39 is 22.6 Å². The van der Waals surface area contributed by atoms with Crippen LogP contribution in [0.15, 0.2) is 54.6 Å². The lowest BCUT2D eigenvalue weighted by Crippen LogP contribution is -2.55. The van der Waals surface area contributed by atoms with Gasteiger partial charge in [-0.05, 0) is 61.4 Å². The minimum absolute atomic E-state index is 0.00227.